The third-order valence-electron chi connectivity index (χ3n) is 3.70. The second-order valence-corrected chi connectivity index (χ2v) is 5.54. The Kier molecular flexibility index (Phi) is 6.25. The van der Waals surface area contributed by atoms with E-state index in [4.69, 9.17) is 4.74 Å². The van der Waals surface area contributed by atoms with Crippen molar-refractivity contribution in [1.29, 1.82) is 0 Å². The van der Waals surface area contributed by atoms with Gasteiger partial charge < -0.3 is 10.1 Å². The number of ether oxygens (including phenoxy) is 1. The average molecular weight is 303 g/mol. The topological polar surface area (TPSA) is 62.7 Å². The van der Waals surface area contributed by atoms with Crippen LogP contribution in [0, 0.1) is 0 Å². The second-order valence-electron chi connectivity index (χ2n) is 5.54. The molecule has 1 aliphatic carbocycles. The molecule has 5 heteroatoms. The predicted octanol–water partition coefficient (Wildman–Crippen LogP) is 3.32. The molecule has 1 fully saturated rings. The predicted molar refractivity (Wildman–Crippen MR) is 89.4 cm³/mol. The van der Waals surface area contributed by atoms with Gasteiger partial charge >= 0.3 is 0 Å². The number of nitrogens with one attached hydrogen (secondary N) is 2. The molecule has 0 radical (unpaired) electrons. The van der Waals surface area contributed by atoms with Crippen LogP contribution in [0.2, 0.25) is 0 Å². The van der Waals surface area contributed by atoms with Gasteiger partial charge in [0, 0.05) is 11.4 Å². The maximum Gasteiger partial charge on any atom is 0.262 e. The molecule has 1 atom stereocenters. The molecule has 5 nitrogen and oxygen atoms in total. The van der Waals surface area contributed by atoms with Gasteiger partial charge in [-0.1, -0.05) is 6.42 Å². The molecule has 1 aliphatic rings. The third-order valence-corrected chi connectivity index (χ3v) is 3.70. The van der Waals surface area contributed by atoms with E-state index < -0.39 is 0 Å². The van der Waals surface area contributed by atoms with Gasteiger partial charge in [0.2, 0.25) is 0 Å². The lowest BCUT2D eigenvalue weighted by molar-refractivity contribution is -0.121. The number of rotatable bonds is 6. The monoisotopic (exact) mass is 303 g/mol. The minimum absolute atomic E-state index is 0.119. The van der Waals surface area contributed by atoms with E-state index in [0.29, 0.717) is 6.61 Å². The summed E-state index contributed by atoms with van der Waals surface area (Å²) in [5, 5.41) is 7.40. The molecule has 0 spiro atoms. The van der Waals surface area contributed by atoms with Crippen LogP contribution in [0.15, 0.2) is 29.4 Å². The first-order valence-corrected chi connectivity index (χ1v) is 8.03. The van der Waals surface area contributed by atoms with E-state index in [1.807, 2.05) is 38.1 Å². The SMILES string of the molecule is CCOc1ccc(N[C@H](C)C(=O)NN=C2CCCCC2)cc1. The van der Waals surface area contributed by atoms with Crippen LogP contribution in [0.3, 0.4) is 0 Å². The molecule has 1 amide bonds. The Hall–Kier alpha value is -2.04. The van der Waals surface area contributed by atoms with Gasteiger partial charge in [0.05, 0.1) is 6.61 Å². The summed E-state index contributed by atoms with van der Waals surface area (Å²) >= 11 is 0. The van der Waals surface area contributed by atoms with Crippen molar-refractivity contribution in [2.24, 2.45) is 5.10 Å². The van der Waals surface area contributed by atoms with Crippen molar-refractivity contribution in [3.05, 3.63) is 24.3 Å². The molecule has 0 heterocycles. The maximum absolute atomic E-state index is 12.1. The zero-order valence-corrected chi connectivity index (χ0v) is 13.4. The van der Waals surface area contributed by atoms with Crippen LogP contribution < -0.4 is 15.5 Å². The molecule has 22 heavy (non-hydrogen) atoms. The van der Waals surface area contributed by atoms with Crippen LogP contribution in [-0.2, 0) is 4.79 Å². The van der Waals surface area contributed by atoms with Crippen LogP contribution in [0.1, 0.15) is 46.0 Å². The highest BCUT2D eigenvalue weighted by Gasteiger charge is 2.13. The molecule has 1 saturated carbocycles. The Morgan fingerprint density at radius 2 is 1.91 bits per heavy atom. The lowest BCUT2D eigenvalue weighted by Crippen LogP contribution is -2.35. The lowest BCUT2D eigenvalue weighted by Gasteiger charge is -2.16. The van der Waals surface area contributed by atoms with Crippen molar-refractivity contribution in [1.82, 2.24) is 5.43 Å². The van der Waals surface area contributed by atoms with Crippen LogP contribution in [-0.4, -0.2) is 24.3 Å². The van der Waals surface area contributed by atoms with Crippen LogP contribution >= 0.6 is 0 Å². The van der Waals surface area contributed by atoms with Crippen molar-refractivity contribution in [3.8, 4) is 5.75 Å². The standard InChI is InChI=1S/C17H25N3O2/c1-3-22-16-11-9-14(10-12-16)18-13(2)17(21)20-19-15-7-5-4-6-8-15/h9-13,18H,3-8H2,1-2H3,(H,20,21)/t13-/m1/s1. The van der Waals surface area contributed by atoms with E-state index in [0.717, 1.165) is 30.0 Å². The molecule has 2 N–H and O–H groups in total. The summed E-state index contributed by atoms with van der Waals surface area (Å²) in [6.45, 7) is 4.42. The van der Waals surface area contributed by atoms with Gasteiger partial charge in [0.25, 0.3) is 5.91 Å². The minimum atomic E-state index is -0.342. The Balaban J connectivity index is 1.82. The van der Waals surface area contributed by atoms with Crippen molar-refractivity contribution in [3.63, 3.8) is 0 Å². The number of amides is 1. The Labute approximate surface area is 132 Å². The smallest absolute Gasteiger partial charge is 0.262 e. The van der Waals surface area contributed by atoms with Crippen molar-refractivity contribution >= 4 is 17.3 Å². The number of anilines is 1. The average Bonchev–Trinajstić information content (AvgIpc) is 2.55. The highest BCUT2D eigenvalue weighted by atomic mass is 16.5. The van der Waals surface area contributed by atoms with Crippen LogP contribution in [0.5, 0.6) is 5.75 Å². The molecule has 2 rings (SSSR count). The first kappa shape index (κ1) is 16.3. The van der Waals surface area contributed by atoms with E-state index in [-0.39, 0.29) is 11.9 Å². The minimum Gasteiger partial charge on any atom is -0.494 e. The van der Waals surface area contributed by atoms with E-state index in [9.17, 15) is 4.79 Å². The molecule has 1 aromatic rings. The van der Waals surface area contributed by atoms with Gasteiger partial charge in [0.15, 0.2) is 0 Å². The number of hydrogen-bond acceptors (Lipinski definition) is 4. The highest BCUT2D eigenvalue weighted by molar-refractivity contribution is 5.88. The fourth-order valence-electron chi connectivity index (χ4n) is 2.43. The third kappa shape index (κ3) is 5.06. The fourth-order valence-corrected chi connectivity index (χ4v) is 2.43. The summed E-state index contributed by atoms with van der Waals surface area (Å²) in [7, 11) is 0. The van der Waals surface area contributed by atoms with Crippen LogP contribution in [0.25, 0.3) is 0 Å². The van der Waals surface area contributed by atoms with Crippen molar-refractivity contribution in [2.75, 3.05) is 11.9 Å². The summed E-state index contributed by atoms with van der Waals surface area (Å²) in [4.78, 5) is 12.1. The highest BCUT2D eigenvalue weighted by Crippen LogP contribution is 2.16. The molecule has 0 bridgehead atoms. The van der Waals surface area contributed by atoms with Crippen LogP contribution in [0.4, 0.5) is 5.69 Å². The van der Waals surface area contributed by atoms with E-state index in [2.05, 4.69) is 15.8 Å². The van der Waals surface area contributed by atoms with Gasteiger partial charge in [-0.15, -0.1) is 0 Å². The Bertz CT molecular complexity index is 503. The zero-order chi connectivity index (χ0) is 15.8. The molecule has 0 aliphatic heterocycles. The Morgan fingerprint density at radius 1 is 1.23 bits per heavy atom. The molecule has 0 aromatic heterocycles. The molecule has 1 aromatic carbocycles. The molecule has 0 unspecified atom stereocenters. The van der Waals surface area contributed by atoms with Gasteiger partial charge in [-0.2, -0.15) is 5.10 Å². The van der Waals surface area contributed by atoms with Gasteiger partial charge in [-0.05, 0) is 63.8 Å². The normalized spacial score (nSPS) is 15.8. The number of hydrogen-bond donors (Lipinski definition) is 2. The number of hydrazone groups is 1. The van der Waals surface area contributed by atoms with E-state index >= 15 is 0 Å². The molecular formula is C17H25N3O2. The van der Waals surface area contributed by atoms with Gasteiger partial charge in [-0.25, -0.2) is 5.43 Å². The molecule has 0 saturated heterocycles. The van der Waals surface area contributed by atoms with Crippen molar-refractivity contribution in [2.45, 2.75) is 52.0 Å². The summed E-state index contributed by atoms with van der Waals surface area (Å²) in [5.41, 5.74) is 4.66. The maximum atomic E-state index is 12.1. The summed E-state index contributed by atoms with van der Waals surface area (Å²) < 4.78 is 5.39. The number of benzene rings is 1. The number of carbonyl (C=O) groups excluding carboxylic acids is 1. The molecular weight excluding hydrogens is 278 g/mol. The van der Waals surface area contributed by atoms with Gasteiger partial charge in [-0.3, -0.25) is 4.79 Å². The zero-order valence-electron chi connectivity index (χ0n) is 13.4. The van der Waals surface area contributed by atoms with E-state index in [1.165, 1.54) is 19.3 Å². The largest absolute Gasteiger partial charge is 0.494 e. The molecule has 120 valence electrons. The van der Waals surface area contributed by atoms with Gasteiger partial charge in [0.1, 0.15) is 11.8 Å². The number of carbonyl (C=O) groups is 1. The fraction of sp³-hybridized carbons (Fsp3) is 0.529. The first-order chi connectivity index (χ1) is 10.7. The van der Waals surface area contributed by atoms with E-state index in [1.54, 1.807) is 0 Å². The van der Waals surface area contributed by atoms with Crippen molar-refractivity contribution < 1.29 is 9.53 Å². The summed E-state index contributed by atoms with van der Waals surface area (Å²) in [6, 6.07) is 7.24. The first-order valence-electron chi connectivity index (χ1n) is 8.03. The Morgan fingerprint density at radius 3 is 2.55 bits per heavy atom. The second kappa shape index (κ2) is 8.41. The quantitative estimate of drug-likeness (QED) is 0.792. The number of nitrogens with zero attached hydrogens (tertiary/aromatic N) is 1. The lowest BCUT2D eigenvalue weighted by atomic mass is 9.99. The summed E-state index contributed by atoms with van der Waals surface area (Å²) in [5.74, 6) is 0.709. The summed E-state index contributed by atoms with van der Waals surface area (Å²) in [6.07, 6.45) is 5.62.